The predicted molar refractivity (Wildman–Crippen MR) is 62.4 cm³/mol. The van der Waals surface area contributed by atoms with Crippen molar-refractivity contribution < 1.29 is 0 Å². The molecule has 0 atom stereocenters. The Bertz CT molecular complexity index is 294. The van der Waals surface area contributed by atoms with Gasteiger partial charge < -0.3 is 5.32 Å². The molecule has 0 unspecified atom stereocenters. The van der Waals surface area contributed by atoms with Crippen LogP contribution in [0, 0.1) is 24.2 Å². The minimum absolute atomic E-state index is 0.330. The first-order chi connectivity index (χ1) is 7.33. The summed E-state index contributed by atoms with van der Waals surface area (Å²) in [5, 5.41) is 11.6. The van der Waals surface area contributed by atoms with E-state index in [2.05, 4.69) is 30.4 Å². The SMILES string of the molecule is Cc1ccccc1.N#CC1CCNCC1. The van der Waals surface area contributed by atoms with Gasteiger partial charge in [-0.3, -0.25) is 0 Å². The molecule has 80 valence electrons. The first kappa shape index (κ1) is 11.7. The molecule has 0 radical (unpaired) electrons. The third-order valence-corrected chi connectivity index (χ3v) is 2.46. The Balaban J connectivity index is 0.000000151. The Morgan fingerprint density at radius 2 is 1.80 bits per heavy atom. The fourth-order valence-electron chi connectivity index (χ4n) is 1.49. The number of aryl methyl sites for hydroxylation is 1. The molecule has 0 spiro atoms. The van der Waals surface area contributed by atoms with Gasteiger partial charge in [0.05, 0.1) is 6.07 Å². The van der Waals surface area contributed by atoms with Crippen molar-refractivity contribution >= 4 is 0 Å². The average molecular weight is 202 g/mol. The van der Waals surface area contributed by atoms with Gasteiger partial charge in [0.2, 0.25) is 0 Å². The van der Waals surface area contributed by atoms with Gasteiger partial charge in [0, 0.05) is 5.92 Å². The van der Waals surface area contributed by atoms with Crippen LogP contribution in [0.25, 0.3) is 0 Å². The molecule has 2 rings (SSSR count). The Kier molecular flexibility index (Phi) is 5.50. The molecule has 2 nitrogen and oxygen atoms in total. The fourth-order valence-corrected chi connectivity index (χ4v) is 1.49. The average Bonchev–Trinajstić information content (AvgIpc) is 2.32. The first-order valence-corrected chi connectivity index (χ1v) is 5.45. The standard InChI is InChI=1S/C7H8.C6H10N2/c1-7-5-3-2-4-6-7;7-5-6-1-3-8-4-2-6/h2-6H,1H3;6,8H,1-4H2. The molecule has 1 aromatic carbocycles. The van der Waals surface area contributed by atoms with Crippen molar-refractivity contribution in [3.05, 3.63) is 35.9 Å². The number of nitrogens with zero attached hydrogens (tertiary/aromatic N) is 1. The second kappa shape index (κ2) is 7.03. The van der Waals surface area contributed by atoms with Gasteiger partial charge in [-0.1, -0.05) is 35.9 Å². The maximum Gasteiger partial charge on any atom is 0.0656 e. The van der Waals surface area contributed by atoms with Crippen LogP contribution in [0.5, 0.6) is 0 Å². The Hall–Kier alpha value is -1.33. The molecule has 0 aliphatic carbocycles. The van der Waals surface area contributed by atoms with Crippen LogP contribution in [0.4, 0.5) is 0 Å². The minimum atomic E-state index is 0.330. The molecular weight excluding hydrogens is 184 g/mol. The second-order valence-electron chi connectivity index (χ2n) is 3.81. The molecule has 2 heteroatoms. The van der Waals surface area contributed by atoms with Gasteiger partial charge in [-0.25, -0.2) is 0 Å². The summed E-state index contributed by atoms with van der Waals surface area (Å²) in [6, 6.07) is 12.5. The Morgan fingerprint density at radius 3 is 2.13 bits per heavy atom. The number of hydrogen-bond donors (Lipinski definition) is 1. The molecule has 0 amide bonds. The summed E-state index contributed by atoms with van der Waals surface area (Å²) >= 11 is 0. The van der Waals surface area contributed by atoms with Crippen molar-refractivity contribution in [3.63, 3.8) is 0 Å². The third-order valence-electron chi connectivity index (χ3n) is 2.46. The second-order valence-corrected chi connectivity index (χ2v) is 3.81. The van der Waals surface area contributed by atoms with E-state index in [-0.39, 0.29) is 0 Å². The van der Waals surface area contributed by atoms with Crippen LogP contribution in [0.1, 0.15) is 18.4 Å². The van der Waals surface area contributed by atoms with Crippen LogP contribution in [0.3, 0.4) is 0 Å². The topological polar surface area (TPSA) is 35.8 Å². The van der Waals surface area contributed by atoms with Crippen molar-refractivity contribution in [2.75, 3.05) is 13.1 Å². The molecular formula is C13H18N2. The van der Waals surface area contributed by atoms with E-state index in [9.17, 15) is 0 Å². The van der Waals surface area contributed by atoms with E-state index < -0.39 is 0 Å². The third kappa shape index (κ3) is 5.19. The zero-order valence-corrected chi connectivity index (χ0v) is 9.24. The van der Waals surface area contributed by atoms with Gasteiger partial charge in [-0.15, -0.1) is 0 Å². The summed E-state index contributed by atoms with van der Waals surface area (Å²) in [4.78, 5) is 0. The summed E-state index contributed by atoms with van der Waals surface area (Å²) in [6.45, 7) is 4.14. The van der Waals surface area contributed by atoms with E-state index in [0.29, 0.717) is 5.92 Å². The number of piperidine rings is 1. The van der Waals surface area contributed by atoms with E-state index in [1.165, 1.54) is 5.56 Å². The van der Waals surface area contributed by atoms with E-state index in [0.717, 1.165) is 25.9 Å². The number of rotatable bonds is 0. The first-order valence-electron chi connectivity index (χ1n) is 5.45. The van der Waals surface area contributed by atoms with Crippen LogP contribution in [-0.4, -0.2) is 13.1 Å². The summed E-state index contributed by atoms with van der Waals surface area (Å²) in [6.07, 6.45) is 2.08. The van der Waals surface area contributed by atoms with Crippen molar-refractivity contribution in [2.24, 2.45) is 5.92 Å². The smallest absolute Gasteiger partial charge is 0.0656 e. The lowest BCUT2D eigenvalue weighted by molar-refractivity contribution is 0.444. The molecule has 15 heavy (non-hydrogen) atoms. The van der Waals surface area contributed by atoms with Gasteiger partial charge in [-0.2, -0.15) is 5.26 Å². The number of nitriles is 1. The summed E-state index contributed by atoms with van der Waals surface area (Å²) in [5.74, 6) is 0.330. The van der Waals surface area contributed by atoms with Crippen LogP contribution in [0.15, 0.2) is 30.3 Å². The van der Waals surface area contributed by atoms with Crippen LogP contribution >= 0.6 is 0 Å². The van der Waals surface area contributed by atoms with Gasteiger partial charge >= 0.3 is 0 Å². The molecule has 1 aliphatic heterocycles. The highest BCUT2D eigenvalue weighted by molar-refractivity contribution is 5.11. The normalized spacial score (nSPS) is 16.0. The number of benzene rings is 1. The zero-order chi connectivity index (χ0) is 10.9. The van der Waals surface area contributed by atoms with Gasteiger partial charge in [-0.05, 0) is 32.9 Å². The number of hydrogen-bond acceptors (Lipinski definition) is 2. The lowest BCUT2D eigenvalue weighted by Gasteiger charge is -2.15. The monoisotopic (exact) mass is 202 g/mol. The maximum atomic E-state index is 8.41. The fraction of sp³-hybridized carbons (Fsp3) is 0.462. The summed E-state index contributed by atoms with van der Waals surface area (Å²) in [7, 11) is 0. The molecule has 0 saturated carbocycles. The van der Waals surface area contributed by atoms with Crippen molar-refractivity contribution in [2.45, 2.75) is 19.8 Å². The molecule has 1 saturated heterocycles. The van der Waals surface area contributed by atoms with E-state index in [1.807, 2.05) is 18.2 Å². The zero-order valence-electron chi connectivity index (χ0n) is 9.24. The molecule has 0 bridgehead atoms. The molecule has 1 N–H and O–H groups in total. The lowest BCUT2D eigenvalue weighted by Crippen LogP contribution is -2.26. The van der Waals surface area contributed by atoms with Crippen LogP contribution < -0.4 is 5.32 Å². The molecule has 1 heterocycles. The largest absolute Gasteiger partial charge is 0.317 e. The van der Waals surface area contributed by atoms with Gasteiger partial charge in [0.1, 0.15) is 0 Å². The lowest BCUT2D eigenvalue weighted by atomic mass is 10.0. The number of nitrogens with one attached hydrogen (secondary N) is 1. The summed E-state index contributed by atoms with van der Waals surface area (Å²) < 4.78 is 0. The molecule has 1 fully saturated rings. The maximum absolute atomic E-state index is 8.41. The highest BCUT2D eigenvalue weighted by Crippen LogP contribution is 2.08. The quantitative estimate of drug-likeness (QED) is 0.701. The Labute approximate surface area is 91.9 Å². The summed E-state index contributed by atoms with van der Waals surface area (Å²) in [5.41, 5.74) is 1.32. The molecule has 1 aromatic rings. The van der Waals surface area contributed by atoms with Gasteiger partial charge in [0.25, 0.3) is 0 Å². The van der Waals surface area contributed by atoms with Crippen molar-refractivity contribution in [1.82, 2.24) is 5.32 Å². The highest BCUT2D eigenvalue weighted by atomic mass is 14.9. The predicted octanol–water partition coefficient (Wildman–Crippen LogP) is 2.50. The van der Waals surface area contributed by atoms with E-state index >= 15 is 0 Å². The van der Waals surface area contributed by atoms with E-state index in [4.69, 9.17) is 5.26 Å². The van der Waals surface area contributed by atoms with Crippen LogP contribution in [-0.2, 0) is 0 Å². The Morgan fingerprint density at radius 1 is 1.20 bits per heavy atom. The van der Waals surface area contributed by atoms with Crippen molar-refractivity contribution in [3.8, 4) is 6.07 Å². The molecule has 1 aliphatic rings. The minimum Gasteiger partial charge on any atom is -0.317 e. The van der Waals surface area contributed by atoms with Crippen LogP contribution in [0.2, 0.25) is 0 Å². The van der Waals surface area contributed by atoms with Crippen molar-refractivity contribution in [1.29, 1.82) is 5.26 Å². The van der Waals surface area contributed by atoms with E-state index in [1.54, 1.807) is 0 Å². The highest BCUT2D eigenvalue weighted by Gasteiger charge is 2.09. The molecule has 0 aromatic heterocycles. The van der Waals surface area contributed by atoms with Gasteiger partial charge in [0.15, 0.2) is 0 Å².